The molecule has 0 aromatic heterocycles. The third kappa shape index (κ3) is 14.2. The maximum absolute atomic E-state index is 11.9. The number of guanidine groups is 1. The van der Waals surface area contributed by atoms with E-state index in [0.717, 1.165) is 12.8 Å². The third-order valence-electron chi connectivity index (χ3n) is 5.31. The van der Waals surface area contributed by atoms with Crippen molar-refractivity contribution in [3.8, 4) is 23.9 Å². The number of amides is 1. The molecule has 228 valence electrons. The summed E-state index contributed by atoms with van der Waals surface area (Å²) >= 11 is 0. The first-order valence-electron chi connectivity index (χ1n) is 13.7. The van der Waals surface area contributed by atoms with Crippen LogP contribution in [0.5, 0.6) is 11.5 Å². The quantitative estimate of drug-likeness (QED) is 0.165. The Kier molecular flexibility index (Phi) is 14.3. The van der Waals surface area contributed by atoms with E-state index < -0.39 is 17.7 Å². The second kappa shape index (κ2) is 18.2. The number of hydrogen-bond acceptors (Lipinski definition) is 10. The monoisotopic (exact) mass is 591 g/mol. The number of hydrogen-bond donors (Lipinski definition) is 2. The molecular formula is C30H37N7O6. The summed E-state index contributed by atoms with van der Waals surface area (Å²) in [6.45, 7) is 8.37. The van der Waals surface area contributed by atoms with Crippen LogP contribution < -0.4 is 20.1 Å². The number of alkyl carbamates (subject to hydrolysis) is 1. The van der Waals surface area contributed by atoms with Crippen LogP contribution in [0.4, 0.5) is 4.79 Å². The van der Waals surface area contributed by atoms with Crippen LogP contribution in [0.25, 0.3) is 0 Å². The molecule has 0 saturated carbocycles. The van der Waals surface area contributed by atoms with Crippen molar-refractivity contribution in [1.29, 1.82) is 10.5 Å². The van der Waals surface area contributed by atoms with Gasteiger partial charge in [0, 0.05) is 19.1 Å². The molecule has 1 atom stereocenters. The minimum absolute atomic E-state index is 0.102. The van der Waals surface area contributed by atoms with Crippen LogP contribution in [-0.4, -0.2) is 66.9 Å². The minimum atomic E-state index is -0.562. The summed E-state index contributed by atoms with van der Waals surface area (Å²) in [5.74, 6) is 0.955. The summed E-state index contributed by atoms with van der Waals surface area (Å²) in [5, 5.41) is 22.8. The van der Waals surface area contributed by atoms with Gasteiger partial charge in [-0.15, -0.1) is 0 Å². The topological polar surface area (TPSA) is 171 Å². The summed E-state index contributed by atoms with van der Waals surface area (Å²) in [4.78, 5) is 32.8. The predicted molar refractivity (Wildman–Crippen MR) is 159 cm³/mol. The first-order chi connectivity index (χ1) is 20.6. The number of carbonyl (C=O) groups is 2. The minimum Gasteiger partial charge on any atom is -0.465 e. The number of para-hydroxylation sites is 2. The van der Waals surface area contributed by atoms with E-state index in [0.29, 0.717) is 30.5 Å². The Bertz CT molecular complexity index is 1250. The van der Waals surface area contributed by atoms with E-state index in [4.69, 9.17) is 29.5 Å². The first-order valence-corrected chi connectivity index (χ1v) is 13.7. The molecule has 0 spiro atoms. The van der Waals surface area contributed by atoms with Crippen LogP contribution in [0.1, 0.15) is 40.5 Å². The fourth-order valence-corrected chi connectivity index (χ4v) is 3.66. The lowest BCUT2D eigenvalue weighted by Gasteiger charge is -2.34. The van der Waals surface area contributed by atoms with Gasteiger partial charge in [0.05, 0.1) is 6.61 Å². The normalized spacial score (nSPS) is 14.3. The van der Waals surface area contributed by atoms with Crippen LogP contribution in [-0.2, 0) is 14.3 Å². The SMILES string of the molecule is CCOC(=O)CN=C(NC#N)N1CCC[C@@H](NC(=O)OC(C)(C)C)C1.N#CN=C(Oc1ccccc1)Oc1ccccc1. The van der Waals surface area contributed by atoms with Crippen molar-refractivity contribution in [3.05, 3.63) is 60.7 Å². The smallest absolute Gasteiger partial charge is 0.410 e. The van der Waals surface area contributed by atoms with E-state index in [1.165, 1.54) is 0 Å². The molecule has 1 aliphatic rings. The molecule has 1 fully saturated rings. The molecule has 43 heavy (non-hydrogen) atoms. The number of rotatable bonds is 6. The van der Waals surface area contributed by atoms with Gasteiger partial charge in [-0.05, 0) is 64.8 Å². The zero-order valence-electron chi connectivity index (χ0n) is 24.8. The predicted octanol–water partition coefficient (Wildman–Crippen LogP) is 3.95. The molecule has 1 saturated heterocycles. The molecule has 0 bridgehead atoms. The maximum Gasteiger partial charge on any atom is 0.410 e. The lowest BCUT2D eigenvalue weighted by molar-refractivity contribution is -0.141. The van der Waals surface area contributed by atoms with Crippen molar-refractivity contribution in [2.75, 3.05) is 26.2 Å². The Morgan fingerprint density at radius 2 is 1.63 bits per heavy atom. The number of ether oxygens (including phenoxy) is 4. The van der Waals surface area contributed by atoms with Crippen molar-refractivity contribution in [2.24, 2.45) is 9.98 Å². The van der Waals surface area contributed by atoms with Gasteiger partial charge in [0.1, 0.15) is 23.6 Å². The highest BCUT2D eigenvalue weighted by Gasteiger charge is 2.26. The number of nitriles is 2. The fraction of sp³-hybridized carbons (Fsp3) is 0.400. The number of likely N-dealkylation sites (tertiary alicyclic amines) is 1. The van der Waals surface area contributed by atoms with Crippen LogP contribution >= 0.6 is 0 Å². The molecule has 2 aromatic rings. The van der Waals surface area contributed by atoms with Gasteiger partial charge in [-0.25, -0.2) is 9.79 Å². The number of carbonyl (C=O) groups excluding carboxylic acids is 2. The number of nitrogens with zero attached hydrogens (tertiary/aromatic N) is 5. The van der Waals surface area contributed by atoms with Gasteiger partial charge in [-0.2, -0.15) is 10.5 Å². The Morgan fingerprint density at radius 3 is 2.14 bits per heavy atom. The molecule has 1 aliphatic heterocycles. The Morgan fingerprint density at radius 1 is 1.02 bits per heavy atom. The molecule has 0 radical (unpaired) electrons. The average molecular weight is 592 g/mol. The summed E-state index contributed by atoms with van der Waals surface area (Å²) in [7, 11) is 0. The molecule has 0 aliphatic carbocycles. The van der Waals surface area contributed by atoms with Gasteiger partial charge in [0.2, 0.25) is 12.2 Å². The number of nitrogens with one attached hydrogen (secondary N) is 2. The van der Waals surface area contributed by atoms with Crippen molar-refractivity contribution < 1.29 is 28.5 Å². The van der Waals surface area contributed by atoms with Crippen molar-refractivity contribution in [1.82, 2.24) is 15.5 Å². The summed E-state index contributed by atoms with van der Waals surface area (Å²) in [5.41, 5.74) is -0.562. The summed E-state index contributed by atoms with van der Waals surface area (Å²) in [6.07, 6.45) is 4.50. The zero-order valence-corrected chi connectivity index (χ0v) is 24.8. The van der Waals surface area contributed by atoms with Crippen LogP contribution in [0.2, 0.25) is 0 Å². The summed E-state index contributed by atoms with van der Waals surface area (Å²) < 4.78 is 20.8. The van der Waals surface area contributed by atoms with Crippen molar-refractivity contribution in [2.45, 2.75) is 52.2 Å². The number of benzene rings is 2. The fourth-order valence-electron chi connectivity index (χ4n) is 3.66. The van der Waals surface area contributed by atoms with E-state index in [1.54, 1.807) is 58.2 Å². The largest absolute Gasteiger partial charge is 0.465 e. The lowest BCUT2D eigenvalue weighted by atomic mass is 10.1. The molecule has 0 unspecified atom stereocenters. The van der Waals surface area contributed by atoms with E-state index in [-0.39, 0.29) is 25.3 Å². The molecular weight excluding hydrogens is 554 g/mol. The van der Waals surface area contributed by atoms with E-state index in [9.17, 15) is 9.59 Å². The zero-order chi connectivity index (χ0) is 31.5. The second-order valence-electron chi connectivity index (χ2n) is 9.92. The Hall–Kier alpha value is -5.30. The second-order valence-corrected chi connectivity index (χ2v) is 9.92. The van der Waals surface area contributed by atoms with E-state index >= 15 is 0 Å². The van der Waals surface area contributed by atoms with Crippen LogP contribution in [0.15, 0.2) is 70.6 Å². The highest BCUT2D eigenvalue weighted by Crippen LogP contribution is 2.14. The van der Waals surface area contributed by atoms with Crippen molar-refractivity contribution in [3.63, 3.8) is 0 Å². The lowest BCUT2D eigenvalue weighted by Crippen LogP contribution is -2.53. The standard InChI is InChI=1S/C16H27N5O4.C14H10N2O2/c1-5-24-13(22)9-18-14(19-11-17)21-8-6-7-12(10-21)20-15(23)25-16(2,3)4;15-11-16-14(17-12-7-3-1-4-8-12)18-13-9-5-2-6-10-13/h12H,5-10H2,1-4H3,(H,18,19)(H,20,23);1-10H/t12-;/m1./s1. The van der Waals surface area contributed by atoms with Crippen LogP contribution in [0.3, 0.4) is 0 Å². The summed E-state index contributed by atoms with van der Waals surface area (Å²) in [6, 6.07) is 17.9. The molecule has 1 amide bonds. The molecule has 3 rings (SSSR count). The van der Waals surface area contributed by atoms with Gasteiger partial charge in [-0.3, -0.25) is 10.1 Å². The first kappa shape index (κ1) is 33.9. The van der Waals surface area contributed by atoms with E-state index in [2.05, 4.69) is 20.6 Å². The third-order valence-corrected chi connectivity index (χ3v) is 5.31. The number of esters is 1. The van der Waals surface area contributed by atoms with Gasteiger partial charge in [0.15, 0.2) is 6.19 Å². The Balaban J connectivity index is 0.000000315. The number of piperidine rings is 1. The van der Waals surface area contributed by atoms with Gasteiger partial charge >= 0.3 is 18.1 Å². The highest BCUT2D eigenvalue weighted by molar-refractivity contribution is 5.84. The van der Waals surface area contributed by atoms with Gasteiger partial charge in [-0.1, -0.05) is 41.4 Å². The number of aliphatic imine (C=N–C) groups is 2. The van der Waals surface area contributed by atoms with Crippen molar-refractivity contribution >= 4 is 24.1 Å². The molecule has 2 aromatic carbocycles. The Labute approximate surface area is 251 Å². The maximum atomic E-state index is 11.9. The van der Waals surface area contributed by atoms with Gasteiger partial charge in [0.25, 0.3) is 0 Å². The average Bonchev–Trinajstić information content (AvgIpc) is 2.96. The van der Waals surface area contributed by atoms with Crippen LogP contribution in [0, 0.1) is 22.9 Å². The van der Waals surface area contributed by atoms with Gasteiger partial charge < -0.3 is 29.2 Å². The molecule has 2 N–H and O–H groups in total. The molecule has 13 heteroatoms. The highest BCUT2D eigenvalue weighted by atomic mass is 16.7. The molecule has 1 heterocycles. The van der Waals surface area contributed by atoms with E-state index in [1.807, 2.05) is 47.5 Å². The molecule has 13 nitrogen and oxygen atoms in total.